The molecule has 1 aromatic heterocycles. The summed E-state index contributed by atoms with van der Waals surface area (Å²) in [5, 5.41) is 4.30. The van der Waals surface area contributed by atoms with Crippen molar-refractivity contribution >= 4 is 0 Å². The Morgan fingerprint density at radius 2 is 2.09 bits per heavy atom. The third kappa shape index (κ3) is 3.17. The smallest absolute Gasteiger partial charge is 0.139 e. The van der Waals surface area contributed by atoms with E-state index in [1.54, 1.807) is 7.11 Å². The van der Waals surface area contributed by atoms with Crippen molar-refractivity contribution in [1.29, 1.82) is 0 Å². The van der Waals surface area contributed by atoms with Gasteiger partial charge in [-0.2, -0.15) is 0 Å². The van der Waals surface area contributed by atoms with Gasteiger partial charge in [0.05, 0.1) is 13.2 Å². The van der Waals surface area contributed by atoms with E-state index in [0.717, 1.165) is 36.7 Å². The van der Waals surface area contributed by atoms with Gasteiger partial charge in [0.2, 0.25) is 0 Å². The van der Waals surface area contributed by atoms with Gasteiger partial charge < -0.3 is 9.26 Å². The molecule has 2 aromatic rings. The molecule has 0 spiro atoms. The van der Waals surface area contributed by atoms with Crippen LogP contribution in [0.25, 0.3) is 0 Å². The Hall–Kier alpha value is -1.81. The highest BCUT2D eigenvalue weighted by atomic mass is 16.5. The van der Waals surface area contributed by atoms with Gasteiger partial charge in [0.15, 0.2) is 0 Å². The molecule has 1 aromatic carbocycles. The van der Waals surface area contributed by atoms with Crippen molar-refractivity contribution in [3.8, 4) is 5.75 Å². The molecule has 1 fully saturated rings. The Morgan fingerprint density at radius 3 is 2.73 bits per heavy atom. The van der Waals surface area contributed by atoms with Crippen molar-refractivity contribution < 1.29 is 9.26 Å². The lowest BCUT2D eigenvalue weighted by atomic mass is 10.1. The predicted molar refractivity (Wildman–Crippen MR) is 86.0 cm³/mol. The lowest BCUT2D eigenvalue weighted by Crippen LogP contribution is -2.22. The van der Waals surface area contributed by atoms with Crippen LogP contribution in [0, 0.1) is 0 Å². The normalized spacial score (nSPS) is 19.0. The summed E-state index contributed by atoms with van der Waals surface area (Å²) in [4.78, 5) is 2.49. The lowest BCUT2D eigenvalue weighted by molar-refractivity contribution is 0.236. The molecular formula is C18H24N2O2. The molecule has 0 N–H and O–H groups in total. The number of benzene rings is 1. The zero-order valence-electron chi connectivity index (χ0n) is 13.6. The van der Waals surface area contributed by atoms with Crippen LogP contribution >= 0.6 is 0 Å². The lowest BCUT2D eigenvalue weighted by Gasteiger charge is -2.22. The fourth-order valence-electron chi connectivity index (χ4n) is 3.05. The Morgan fingerprint density at radius 1 is 1.32 bits per heavy atom. The van der Waals surface area contributed by atoms with Crippen molar-refractivity contribution in [2.75, 3.05) is 13.7 Å². The van der Waals surface area contributed by atoms with Crippen LogP contribution in [0.2, 0.25) is 0 Å². The number of hydrogen-bond acceptors (Lipinski definition) is 4. The van der Waals surface area contributed by atoms with Gasteiger partial charge in [0.25, 0.3) is 0 Å². The highest BCUT2D eigenvalue weighted by molar-refractivity contribution is 5.27. The molecule has 1 aliphatic rings. The SMILES string of the molecule is COc1ccc(CN2CCC[C@H]2c2cc(C(C)C)on2)cc1. The van der Waals surface area contributed by atoms with Crippen LogP contribution in [0.5, 0.6) is 5.75 Å². The van der Waals surface area contributed by atoms with Crippen LogP contribution in [-0.2, 0) is 6.54 Å². The molecule has 22 heavy (non-hydrogen) atoms. The molecular weight excluding hydrogens is 276 g/mol. The fourth-order valence-corrected chi connectivity index (χ4v) is 3.05. The van der Waals surface area contributed by atoms with Crippen LogP contribution in [-0.4, -0.2) is 23.7 Å². The summed E-state index contributed by atoms with van der Waals surface area (Å²) >= 11 is 0. The first-order chi connectivity index (χ1) is 10.7. The maximum absolute atomic E-state index is 5.47. The minimum Gasteiger partial charge on any atom is -0.497 e. The molecule has 1 atom stereocenters. The molecule has 0 bridgehead atoms. The van der Waals surface area contributed by atoms with Crippen molar-refractivity contribution in [1.82, 2.24) is 10.1 Å². The van der Waals surface area contributed by atoms with Crippen molar-refractivity contribution in [3.63, 3.8) is 0 Å². The summed E-state index contributed by atoms with van der Waals surface area (Å²) in [6.45, 7) is 6.32. The third-order valence-corrected chi connectivity index (χ3v) is 4.37. The summed E-state index contributed by atoms with van der Waals surface area (Å²) in [6.07, 6.45) is 2.37. The minimum absolute atomic E-state index is 0.373. The number of likely N-dealkylation sites (tertiary alicyclic amines) is 1. The van der Waals surface area contributed by atoms with Gasteiger partial charge in [-0.05, 0) is 37.1 Å². The zero-order chi connectivity index (χ0) is 15.5. The largest absolute Gasteiger partial charge is 0.497 e. The number of hydrogen-bond donors (Lipinski definition) is 0. The first-order valence-corrected chi connectivity index (χ1v) is 8.01. The third-order valence-electron chi connectivity index (χ3n) is 4.37. The highest BCUT2D eigenvalue weighted by Gasteiger charge is 2.28. The second-order valence-corrected chi connectivity index (χ2v) is 6.29. The molecule has 0 radical (unpaired) electrons. The van der Waals surface area contributed by atoms with E-state index in [0.29, 0.717) is 12.0 Å². The topological polar surface area (TPSA) is 38.5 Å². The van der Waals surface area contributed by atoms with Gasteiger partial charge >= 0.3 is 0 Å². The van der Waals surface area contributed by atoms with Crippen LogP contribution in [0.1, 0.15) is 55.7 Å². The fraction of sp³-hybridized carbons (Fsp3) is 0.500. The quantitative estimate of drug-likeness (QED) is 0.831. The van der Waals surface area contributed by atoms with Gasteiger partial charge in [-0.1, -0.05) is 31.1 Å². The van der Waals surface area contributed by atoms with E-state index < -0.39 is 0 Å². The summed E-state index contributed by atoms with van der Waals surface area (Å²) < 4.78 is 10.7. The Kier molecular flexibility index (Phi) is 4.48. The van der Waals surface area contributed by atoms with E-state index >= 15 is 0 Å². The van der Waals surface area contributed by atoms with Crippen LogP contribution in [0.3, 0.4) is 0 Å². The molecule has 0 saturated carbocycles. The average Bonchev–Trinajstić information content (AvgIpc) is 3.16. The van der Waals surface area contributed by atoms with Crippen molar-refractivity contribution in [3.05, 3.63) is 47.3 Å². The first-order valence-electron chi connectivity index (χ1n) is 8.01. The minimum atomic E-state index is 0.373. The number of ether oxygens (including phenoxy) is 1. The predicted octanol–water partition coefficient (Wildman–Crippen LogP) is 4.14. The molecule has 1 aliphatic heterocycles. The summed E-state index contributed by atoms with van der Waals surface area (Å²) in [5.41, 5.74) is 2.38. The number of nitrogens with zero attached hydrogens (tertiary/aromatic N) is 2. The van der Waals surface area contributed by atoms with E-state index in [9.17, 15) is 0 Å². The Labute approximate surface area is 132 Å². The van der Waals surface area contributed by atoms with Gasteiger partial charge in [-0.3, -0.25) is 4.90 Å². The zero-order valence-corrected chi connectivity index (χ0v) is 13.6. The average molecular weight is 300 g/mol. The maximum Gasteiger partial charge on any atom is 0.139 e. The molecule has 4 heteroatoms. The molecule has 0 amide bonds. The summed E-state index contributed by atoms with van der Waals surface area (Å²) in [5.74, 6) is 2.27. The van der Waals surface area contributed by atoms with E-state index in [1.165, 1.54) is 12.0 Å². The standard InChI is InChI=1S/C18H24N2O2/c1-13(2)18-11-16(19-22-18)17-5-4-10-20(17)12-14-6-8-15(21-3)9-7-14/h6-9,11,13,17H,4-5,10,12H2,1-3H3/t17-/m0/s1. The molecule has 4 nitrogen and oxygen atoms in total. The monoisotopic (exact) mass is 300 g/mol. The van der Waals surface area contributed by atoms with Gasteiger partial charge in [0.1, 0.15) is 17.2 Å². The molecule has 118 valence electrons. The number of aromatic nitrogens is 1. The van der Waals surface area contributed by atoms with Crippen LogP contribution in [0.4, 0.5) is 0 Å². The molecule has 3 rings (SSSR count). The number of rotatable bonds is 5. The van der Waals surface area contributed by atoms with Gasteiger partial charge in [0, 0.05) is 18.5 Å². The van der Waals surface area contributed by atoms with Crippen molar-refractivity contribution in [2.24, 2.45) is 0 Å². The summed E-state index contributed by atoms with van der Waals surface area (Å²) in [7, 11) is 1.70. The van der Waals surface area contributed by atoms with Crippen LogP contribution < -0.4 is 4.74 Å². The highest BCUT2D eigenvalue weighted by Crippen LogP contribution is 2.33. The number of methoxy groups -OCH3 is 1. The molecule has 1 saturated heterocycles. The Balaban J connectivity index is 1.71. The molecule has 2 heterocycles. The molecule has 0 unspecified atom stereocenters. The van der Waals surface area contributed by atoms with E-state index in [-0.39, 0.29) is 0 Å². The second-order valence-electron chi connectivity index (χ2n) is 6.29. The van der Waals surface area contributed by atoms with Crippen molar-refractivity contribution in [2.45, 2.75) is 45.2 Å². The molecule has 0 aliphatic carbocycles. The van der Waals surface area contributed by atoms with Gasteiger partial charge in [-0.25, -0.2) is 0 Å². The van der Waals surface area contributed by atoms with Crippen LogP contribution in [0.15, 0.2) is 34.9 Å². The van der Waals surface area contributed by atoms with E-state index in [1.807, 2.05) is 12.1 Å². The maximum atomic E-state index is 5.47. The first kappa shape index (κ1) is 15.1. The second kappa shape index (κ2) is 6.53. The van der Waals surface area contributed by atoms with Gasteiger partial charge in [-0.15, -0.1) is 0 Å². The summed E-state index contributed by atoms with van der Waals surface area (Å²) in [6, 6.07) is 10.8. The Bertz CT molecular complexity index is 604. The van der Waals surface area contributed by atoms with E-state index in [2.05, 4.69) is 42.1 Å². The van der Waals surface area contributed by atoms with E-state index in [4.69, 9.17) is 9.26 Å².